The molecular formula is C11H17NO. The van der Waals surface area contributed by atoms with Crippen LogP contribution in [-0.4, -0.2) is 10.6 Å². The highest BCUT2D eigenvalue weighted by molar-refractivity contribution is 5.23. The van der Waals surface area contributed by atoms with Crippen LogP contribution in [-0.2, 0) is 13.0 Å². The lowest BCUT2D eigenvalue weighted by molar-refractivity contribution is 0.282. The summed E-state index contributed by atoms with van der Waals surface area (Å²) in [4.78, 5) is 0. The highest BCUT2D eigenvalue weighted by atomic mass is 16.3. The molecule has 0 amide bonds. The van der Waals surface area contributed by atoms with E-state index in [2.05, 4.69) is 0 Å². The van der Waals surface area contributed by atoms with Crippen molar-refractivity contribution in [1.29, 1.82) is 0 Å². The molecule has 0 aliphatic heterocycles. The summed E-state index contributed by atoms with van der Waals surface area (Å²) in [5.74, 6) is 0. The number of aliphatic hydroxyl groups is 1. The van der Waals surface area contributed by atoms with Gasteiger partial charge in [0.1, 0.15) is 0 Å². The van der Waals surface area contributed by atoms with Gasteiger partial charge < -0.3 is 10.8 Å². The van der Waals surface area contributed by atoms with Crippen molar-refractivity contribution in [3.05, 3.63) is 35.4 Å². The predicted molar refractivity (Wildman–Crippen MR) is 54.3 cm³/mol. The molecule has 72 valence electrons. The van der Waals surface area contributed by atoms with E-state index in [4.69, 9.17) is 10.8 Å². The van der Waals surface area contributed by atoms with Gasteiger partial charge in [0.15, 0.2) is 0 Å². The van der Waals surface area contributed by atoms with Crippen LogP contribution >= 0.6 is 0 Å². The van der Waals surface area contributed by atoms with Gasteiger partial charge in [-0.2, -0.15) is 0 Å². The van der Waals surface area contributed by atoms with Gasteiger partial charge in [0, 0.05) is 5.54 Å². The molecular weight excluding hydrogens is 162 g/mol. The molecule has 0 atom stereocenters. The Morgan fingerprint density at radius 3 is 2.00 bits per heavy atom. The third-order valence-corrected chi connectivity index (χ3v) is 1.87. The first-order valence-electron chi connectivity index (χ1n) is 4.49. The van der Waals surface area contributed by atoms with Crippen LogP contribution in [0.5, 0.6) is 0 Å². The van der Waals surface area contributed by atoms with E-state index in [0.29, 0.717) is 0 Å². The minimum absolute atomic E-state index is 0.103. The molecule has 0 radical (unpaired) electrons. The van der Waals surface area contributed by atoms with Crippen molar-refractivity contribution in [1.82, 2.24) is 0 Å². The fraction of sp³-hybridized carbons (Fsp3) is 0.455. The minimum Gasteiger partial charge on any atom is -0.392 e. The molecule has 0 spiro atoms. The number of nitrogens with two attached hydrogens (primary N) is 1. The van der Waals surface area contributed by atoms with E-state index in [1.54, 1.807) is 0 Å². The van der Waals surface area contributed by atoms with Gasteiger partial charge in [0.25, 0.3) is 0 Å². The van der Waals surface area contributed by atoms with Gasteiger partial charge in [0.05, 0.1) is 6.61 Å². The molecule has 1 aromatic carbocycles. The summed E-state index contributed by atoms with van der Waals surface area (Å²) in [6, 6.07) is 7.89. The van der Waals surface area contributed by atoms with Crippen LogP contribution in [0.2, 0.25) is 0 Å². The van der Waals surface area contributed by atoms with Crippen molar-refractivity contribution in [2.24, 2.45) is 5.73 Å². The summed E-state index contributed by atoms with van der Waals surface area (Å²) in [7, 11) is 0. The van der Waals surface area contributed by atoms with Gasteiger partial charge in [-0.1, -0.05) is 24.3 Å². The Bertz CT molecular complexity index is 258. The first kappa shape index (κ1) is 10.2. The topological polar surface area (TPSA) is 46.2 Å². The fourth-order valence-corrected chi connectivity index (χ4v) is 1.29. The average molecular weight is 179 g/mol. The molecule has 0 aliphatic rings. The lowest BCUT2D eigenvalue weighted by Gasteiger charge is -2.18. The Morgan fingerprint density at radius 2 is 1.62 bits per heavy atom. The quantitative estimate of drug-likeness (QED) is 0.738. The summed E-state index contributed by atoms with van der Waals surface area (Å²) >= 11 is 0. The molecule has 0 saturated carbocycles. The molecule has 0 aliphatic carbocycles. The SMILES string of the molecule is CC(C)(N)Cc1ccc(CO)cc1. The summed E-state index contributed by atoms with van der Waals surface area (Å²) in [6.45, 7) is 4.12. The highest BCUT2D eigenvalue weighted by Gasteiger charge is 2.10. The second kappa shape index (κ2) is 3.90. The third kappa shape index (κ3) is 3.57. The van der Waals surface area contributed by atoms with Gasteiger partial charge in [-0.25, -0.2) is 0 Å². The Labute approximate surface area is 79.4 Å². The zero-order valence-corrected chi connectivity index (χ0v) is 8.25. The maximum Gasteiger partial charge on any atom is 0.0681 e. The van der Waals surface area contributed by atoms with Gasteiger partial charge in [-0.05, 0) is 31.4 Å². The Kier molecular flexibility index (Phi) is 3.07. The lowest BCUT2D eigenvalue weighted by atomic mass is 9.96. The normalized spacial score (nSPS) is 11.7. The van der Waals surface area contributed by atoms with Crippen molar-refractivity contribution in [3.8, 4) is 0 Å². The zero-order chi connectivity index (χ0) is 9.90. The molecule has 0 aromatic heterocycles. The number of benzene rings is 1. The number of aliphatic hydroxyl groups excluding tert-OH is 1. The van der Waals surface area contributed by atoms with Gasteiger partial charge in [0.2, 0.25) is 0 Å². The molecule has 1 rings (SSSR count). The van der Waals surface area contributed by atoms with Crippen molar-refractivity contribution in [2.75, 3.05) is 0 Å². The maximum absolute atomic E-state index is 8.84. The van der Waals surface area contributed by atoms with Crippen LogP contribution in [0, 0.1) is 0 Å². The van der Waals surface area contributed by atoms with Crippen LogP contribution < -0.4 is 5.73 Å². The van der Waals surface area contributed by atoms with Crippen molar-refractivity contribution < 1.29 is 5.11 Å². The number of hydrogen-bond acceptors (Lipinski definition) is 2. The number of rotatable bonds is 3. The lowest BCUT2D eigenvalue weighted by Crippen LogP contribution is -2.34. The summed E-state index contributed by atoms with van der Waals surface area (Å²) in [6.07, 6.45) is 0.860. The van der Waals surface area contributed by atoms with Gasteiger partial charge in [-0.3, -0.25) is 0 Å². The van der Waals surface area contributed by atoms with E-state index in [1.807, 2.05) is 38.1 Å². The van der Waals surface area contributed by atoms with Gasteiger partial charge in [-0.15, -0.1) is 0 Å². The molecule has 2 heteroatoms. The molecule has 0 heterocycles. The highest BCUT2D eigenvalue weighted by Crippen LogP contribution is 2.11. The minimum atomic E-state index is -0.166. The second-order valence-electron chi connectivity index (χ2n) is 4.14. The molecule has 1 aromatic rings. The van der Waals surface area contributed by atoms with E-state index >= 15 is 0 Å². The number of hydrogen-bond donors (Lipinski definition) is 2. The van der Waals surface area contributed by atoms with Crippen LogP contribution in [0.3, 0.4) is 0 Å². The van der Waals surface area contributed by atoms with Crippen LogP contribution in [0.25, 0.3) is 0 Å². The Morgan fingerprint density at radius 1 is 1.15 bits per heavy atom. The van der Waals surface area contributed by atoms with Crippen molar-refractivity contribution in [3.63, 3.8) is 0 Å². The molecule has 0 unspecified atom stereocenters. The maximum atomic E-state index is 8.84. The largest absolute Gasteiger partial charge is 0.392 e. The first-order valence-corrected chi connectivity index (χ1v) is 4.49. The average Bonchev–Trinajstić information content (AvgIpc) is 2.03. The van der Waals surface area contributed by atoms with E-state index in [1.165, 1.54) is 5.56 Å². The van der Waals surface area contributed by atoms with Crippen molar-refractivity contribution in [2.45, 2.75) is 32.4 Å². The van der Waals surface area contributed by atoms with E-state index in [0.717, 1.165) is 12.0 Å². The smallest absolute Gasteiger partial charge is 0.0681 e. The van der Waals surface area contributed by atoms with Crippen LogP contribution in [0.15, 0.2) is 24.3 Å². The monoisotopic (exact) mass is 179 g/mol. The van der Waals surface area contributed by atoms with E-state index in [9.17, 15) is 0 Å². The standard InChI is InChI=1S/C11H17NO/c1-11(2,12)7-9-3-5-10(8-13)6-4-9/h3-6,13H,7-8,12H2,1-2H3. The second-order valence-corrected chi connectivity index (χ2v) is 4.14. The fourth-order valence-electron chi connectivity index (χ4n) is 1.29. The third-order valence-electron chi connectivity index (χ3n) is 1.87. The van der Waals surface area contributed by atoms with E-state index < -0.39 is 0 Å². The first-order chi connectivity index (χ1) is 6.01. The molecule has 0 fully saturated rings. The predicted octanol–water partition coefficient (Wildman–Crippen LogP) is 1.46. The zero-order valence-electron chi connectivity index (χ0n) is 8.25. The molecule has 0 bridgehead atoms. The van der Waals surface area contributed by atoms with E-state index in [-0.39, 0.29) is 12.1 Å². The summed E-state index contributed by atoms with van der Waals surface area (Å²) < 4.78 is 0. The molecule has 3 N–H and O–H groups in total. The molecule has 13 heavy (non-hydrogen) atoms. The van der Waals surface area contributed by atoms with Gasteiger partial charge >= 0.3 is 0 Å². The van der Waals surface area contributed by atoms with Crippen LogP contribution in [0.1, 0.15) is 25.0 Å². The summed E-state index contributed by atoms with van der Waals surface area (Å²) in [5.41, 5.74) is 7.88. The molecule has 2 nitrogen and oxygen atoms in total. The Hall–Kier alpha value is -0.860. The summed E-state index contributed by atoms with van der Waals surface area (Å²) in [5, 5.41) is 8.84. The van der Waals surface area contributed by atoms with Crippen LogP contribution in [0.4, 0.5) is 0 Å². The van der Waals surface area contributed by atoms with Crippen molar-refractivity contribution >= 4 is 0 Å². The Balaban J connectivity index is 2.70. The molecule has 0 saturated heterocycles.